The summed E-state index contributed by atoms with van der Waals surface area (Å²) in [6.45, 7) is 6.88. The number of aromatic nitrogens is 1. The van der Waals surface area contributed by atoms with Gasteiger partial charge in [0.15, 0.2) is 6.61 Å². The fraction of sp³-hybridized carbons (Fsp3) is 0.389. The Kier molecular flexibility index (Phi) is 5.26. The molecule has 1 aromatic heterocycles. The number of carbonyl (C=O) groups is 1. The van der Waals surface area contributed by atoms with E-state index in [4.69, 9.17) is 4.74 Å². The molecule has 0 aliphatic rings. The van der Waals surface area contributed by atoms with E-state index in [0.29, 0.717) is 6.54 Å². The summed E-state index contributed by atoms with van der Waals surface area (Å²) in [4.78, 5) is 11.8. The summed E-state index contributed by atoms with van der Waals surface area (Å²) < 4.78 is 7.62. The van der Waals surface area contributed by atoms with Crippen LogP contribution in [0, 0.1) is 20.8 Å². The summed E-state index contributed by atoms with van der Waals surface area (Å²) in [5, 5.41) is 2.90. The molecule has 0 bridgehead atoms. The third-order valence-corrected chi connectivity index (χ3v) is 3.99. The highest BCUT2D eigenvalue weighted by Gasteiger charge is 2.07. The Balaban J connectivity index is 1.73. The molecular weight excluding hydrogens is 276 g/mol. The smallest absolute Gasteiger partial charge is 0.257 e. The predicted octanol–water partition coefficient (Wildman–Crippen LogP) is 2.69. The van der Waals surface area contributed by atoms with Gasteiger partial charge < -0.3 is 14.6 Å². The predicted molar refractivity (Wildman–Crippen MR) is 88.3 cm³/mol. The lowest BCUT2D eigenvalue weighted by molar-refractivity contribution is -0.123. The van der Waals surface area contributed by atoms with Crippen molar-refractivity contribution in [3.63, 3.8) is 0 Å². The third kappa shape index (κ3) is 4.13. The van der Waals surface area contributed by atoms with Crippen LogP contribution in [0.2, 0.25) is 0 Å². The minimum absolute atomic E-state index is 0.0514. The molecule has 2 rings (SSSR count). The maximum absolute atomic E-state index is 11.8. The number of ether oxygens (including phenoxy) is 1. The van der Waals surface area contributed by atoms with E-state index >= 15 is 0 Å². The summed E-state index contributed by atoms with van der Waals surface area (Å²) in [7, 11) is 2.06. The fourth-order valence-electron chi connectivity index (χ4n) is 2.36. The van der Waals surface area contributed by atoms with Gasteiger partial charge in [-0.2, -0.15) is 0 Å². The van der Waals surface area contributed by atoms with Crippen LogP contribution in [-0.2, 0) is 18.3 Å². The highest BCUT2D eigenvalue weighted by atomic mass is 16.5. The topological polar surface area (TPSA) is 43.3 Å². The molecule has 0 atom stereocenters. The van der Waals surface area contributed by atoms with Crippen molar-refractivity contribution in [1.29, 1.82) is 0 Å². The Labute approximate surface area is 132 Å². The average molecular weight is 300 g/mol. The summed E-state index contributed by atoms with van der Waals surface area (Å²) in [5.74, 6) is 0.626. The van der Waals surface area contributed by atoms with E-state index in [2.05, 4.69) is 36.8 Å². The first-order chi connectivity index (χ1) is 10.5. The van der Waals surface area contributed by atoms with Gasteiger partial charge in [-0.1, -0.05) is 17.7 Å². The maximum Gasteiger partial charge on any atom is 0.257 e. The van der Waals surface area contributed by atoms with Gasteiger partial charge in [0.25, 0.3) is 5.91 Å². The third-order valence-electron chi connectivity index (χ3n) is 3.99. The molecule has 1 heterocycles. The monoisotopic (exact) mass is 300 g/mol. The van der Waals surface area contributed by atoms with Gasteiger partial charge in [-0.15, -0.1) is 0 Å². The molecule has 118 valence electrons. The van der Waals surface area contributed by atoms with Gasteiger partial charge in [-0.05, 0) is 51.0 Å². The van der Waals surface area contributed by atoms with Gasteiger partial charge in [0.1, 0.15) is 5.75 Å². The number of nitrogens with zero attached hydrogens (tertiary/aromatic N) is 1. The van der Waals surface area contributed by atoms with Crippen LogP contribution < -0.4 is 10.1 Å². The molecule has 0 saturated heterocycles. The van der Waals surface area contributed by atoms with Gasteiger partial charge in [0, 0.05) is 25.0 Å². The highest BCUT2D eigenvalue weighted by Crippen LogP contribution is 2.13. The molecule has 1 amide bonds. The largest absolute Gasteiger partial charge is 0.484 e. The lowest BCUT2D eigenvalue weighted by Crippen LogP contribution is -2.30. The molecule has 0 unspecified atom stereocenters. The second kappa shape index (κ2) is 7.16. The van der Waals surface area contributed by atoms with Crippen LogP contribution in [0.4, 0.5) is 0 Å². The van der Waals surface area contributed by atoms with E-state index in [1.807, 2.05) is 31.2 Å². The SMILES string of the molecule is Cc1ccc(OCC(=O)NCCc2cc(C)n(C)c2C)cc1. The number of rotatable bonds is 6. The first-order valence-electron chi connectivity index (χ1n) is 7.55. The lowest BCUT2D eigenvalue weighted by Gasteiger charge is -2.08. The number of hydrogen-bond acceptors (Lipinski definition) is 2. The molecule has 4 nitrogen and oxygen atoms in total. The quantitative estimate of drug-likeness (QED) is 0.891. The number of carbonyl (C=O) groups excluding carboxylic acids is 1. The van der Waals surface area contributed by atoms with Gasteiger partial charge in [0.2, 0.25) is 0 Å². The van der Waals surface area contributed by atoms with Crippen LogP contribution in [0.25, 0.3) is 0 Å². The number of amides is 1. The van der Waals surface area contributed by atoms with Crippen molar-refractivity contribution in [2.75, 3.05) is 13.2 Å². The van der Waals surface area contributed by atoms with Crippen molar-refractivity contribution in [2.24, 2.45) is 7.05 Å². The molecule has 0 spiro atoms. The summed E-state index contributed by atoms with van der Waals surface area (Å²) in [6, 6.07) is 9.85. The van der Waals surface area contributed by atoms with E-state index < -0.39 is 0 Å². The van der Waals surface area contributed by atoms with Gasteiger partial charge in [-0.3, -0.25) is 4.79 Å². The summed E-state index contributed by atoms with van der Waals surface area (Å²) in [5.41, 5.74) is 4.94. The van der Waals surface area contributed by atoms with Crippen LogP contribution >= 0.6 is 0 Å². The number of benzene rings is 1. The Morgan fingerprint density at radius 1 is 1.18 bits per heavy atom. The second-order valence-corrected chi connectivity index (χ2v) is 5.66. The van der Waals surface area contributed by atoms with Crippen molar-refractivity contribution >= 4 is 5.91 Å². The fourth-order valence-corrected chi connectivity index (χ4v) is 2.36. The van der Waals surface area contributed by atoms with E-state index in [-0.39, 0.29) is 12.5 Å². The van der Waals surface area contributed by atoms with Crippen molar-refractivity contribution in [1.82, 2.24) is 9.88 Å². The molecule has 0 fully saturated rings. The van der Waals surface area contributed by atoms with Crippen LogP contribution in [0.3, 0.4) is 0 Å². The molecule has 0 aliphatic carbocycles. The van der Waals surface area contributed by atoms with Crippen molar-refractivity contribution < 1.29 is 9.53 Å². The van der Waals surface area contributed by atoms with E-state index in [1.165, 1.54) is 22.5 Å². The number of nitrogens with one attached hydrogen (secondary N) is 1. The molecule has 2 aromatic rings. The van der Waals surface area contributed by atoms with Crippen molar-refractivity contribution in [3.05, 3.63) is 52.8 Å². The Hall–Kier alpha value is -2.23. The molecule has 0 saturated carbocycles. The van der Waals surface area contributed by atoms with Gasteiger partial charge >= 0.3 is 0 Å². The molecule has 1 N–H and O–H groups in total. The van der Waals surface area contributed by atoms with Crippen molar-refractivity contribution in [2.45, 2.75) is 27.2 Å². The number of aryl methyl sites for hydroxylation is 2. The Morgan fingerprint density at radius 3 is 2.45 bits per heavy atom. The molecule has 22 heavy (non-hydrogen) atoms. The van der Waals surface area contributed by atoms with E-state index in [0.717, 1.165) is 12.2 Å². The summed E-state index contributed by atoms with van der Waals surface area (Å²) >= 11 is 0. The average Bonchev–Trinajstić information content (AvgIpc) is 2.74. The van der Waals surface area contributed by atoms with Gasteiger partial charge in [0.05, 0.1) is 0 Å². The first kappa shape index (κ1) is 16.1. The molecular formula is C18H24N2O2. The molecule has 4 heteroatoms. The Bertz CT molecular complexity index is 642. The highest BCUT2D eigenvalue weighted by molar-refractivity contribution is 5.77. The lowest BCUT2D eigenvalue weighted by atomic mass is 10.2. The minimum atomic E-state index is -0.0918. The van der Waals surface area contributed by atoms with Crippen LogP contribution in [-0.4, -0.2) is 23.6 Å². The van der Waals surface area contributed by atoms with Crippen LogP contribution in [0.5, 0.6) is 5.75 Å². The maximum atomic E-state index is 11.8. The molecule has 1 aromatic carbocycles. The van der Waals surface area contributed by atoms with Crippen LogP contribution in [0.1, 0.15) is 22.5 Å². The van der Waals surface area contributed by atoms with E-state index in [1.54, 1.807) is 0 Å². The zero-order valence-electron chi connectivity index (χ0n) is 13.8. The van der Waals surface area contributed by atoms with E-state index in [9.17, 15) is 4.79 Å². The normalized spacial score (nSPS) is 10.5. The van der Waals surface area contributed by atoms with Crippen LogP contribution in [0.15, 0.2) is 30.3 Å². The molecule has 0 radical (unpaired) electrons. The standard InChI is InChI=1S/C18H24N2O2/c1-13-5-7-17(8-6-13)22-12-18(21)19-10-9-16-11-14(2)20(4)15(16)3/h5-8,11H,9-10,12H2,1-4H3,(H,19,21). The summed E-state index contributed by atoms with van der Waals surface area (Å²) in [6.07, 6.45) is 0.837. The zero-order valence-corrected chi connectivity index (χ0v) is 13.8. The number of hydrogen-bond donors (Lipinski definition) is 1. The molecule has 0 aliphatic heterocycles. The first-order valence-corrected chi connectivity index (χ1v) is 7.55. The minimum Gasteiger partial charge on any atom is -0.484 e. The van der Waals surface area contributed by atoms with Crippen molar-refractivity contribution in [3.8, 4) is 5.75 Å². The zero-order chi connectivity index (χ0) is 16.1. The Morgan fingerprint density at radius 2 is 1.86 bits per heavy atom. The van der Waals surface area contributed by atoms with Gasteiger partial charge in [-0.25, -0.2) is 0 Å². The second-order valence-electron chi connectivity index (χ2n) is 5.66.